The highest BCUT2D eigenvalue weighted by molar-refractivity contribution is 8.18. The van der Waals surface area contributed by atoms with Crippen LogP contribution in [0.3, 0.4) is 0 Å². The van der Waals surface area contributed by atoms with Crippen LogP contribution in [0.4, 0.5) is 4.79 Å². The van der Waals surface area contributed by atoms with Crippen molar-refractivity contribution in [2.45, 2.75) is 4.90 Å². The molecule has 0 aromatic heterocycles. The van der Waals surface area contributed by atoms with Gasteiger partial charge in [0.25, 0.3) is 11.1 Å². The number of nitrogens with zero attached hydrogens (tertiary/aromatic N) is 1. The van der Waals surface area contributed by atoms with E-state index >= 15 is 0 Å². The summed E-state index contributed by atoms with van der Waals surface area (Å²) in [5, 5.41) is 1.51. The van der Waals surface area contributed by atoms with Gasteiger partial charge in [-0.15, -0.1) is 0 Å². The first-order valence-corrected chi connectivity index (χ1v) is 14.1. The van der Waals surface area contributed by atoms with Crippen LogP contribution in [0.2, 0.25) is 0 Å². The van der Waals surface area contributed by atoms with Crippen LogP contribution in [-0.4, -0.2) is 44.7 Å². The van der Waals surface area contributed by atoms with Gasteiger partial charge >= 0.3 is 10.1 Å². The van der Waals surface area contributed by atoms with E-state index in [1.165, 1.54) is 25.3 Å². The second kappa shape index (κ2) is 11.2. The summed E-state index contributed by atoms with van der Waals surface area (Å²) in [5.41, 5.74) is 0.270. The number of amides is 2. The average Bonchev–Trinajstić information content (AvgIpc) is 3.21. The van der Waals surface area contributed by atoms with Crippen molar-refractivity contribution in [1.29, 1.82) is 0 Å². The minimum atomic E-state index is -4.19. The monoisotopic (exact) mass is 561 g/mol. The topological polar surface area (TPSA) is 99.2 Å². The maximum Gasteiger partial charge on any atom is 0.339 e. The molecule has 0 saturated carbocycles. The average molecular weight is 562 g/mol. The first-order chi connectivity index (χ1) is 18.9. The Bertz CT molecular complexity index is 1680. The Morgan fingerprint density at radius 3 is 2.33 bits per heavy atom. The van der Waals surface area contributed by atoms with Gasteiger partial charge in [-0.25, -0.2) is 0 Å². The zero-order chi connectivity index (χ0) is 27.4. The molecular weight excluding hydrogens is 538 g/mol. The molecule has 0 bridgehead atoms. The van der Waals surface area contributed by atoms with Gasteiger partial charge in [-0.1, -0.05) is 66.7 Å². The predicted octanol–water partition coefficient (Wildman–Crippen LogP) is 5.73. The molecule has 8 nitrogen and oxygen atoms in total. The molecule has 5 rings (SSSR count). The van der Waals surface area contributed by atoms with Gasteiger partial charge in [-0.2, -0.15) is 8.42 Å². The van der Waals surface area contributed by atoms with E-state index in [1.54, 1.807) is 36.4 Å². The molecule has 0 radical (unpaired) electrons. The van der Waals surface area contributed by atoms with E-state index in [9.17, 15) is 18.0 Å². The minimum Gasteiger partial charge on any atom is -0.493 e. The van der Waals surface area contributed by atoms with E-state index in [0.29, 0.717) is 5.75 Å². The van der Waals surface area contributed by atoms with Crippen LogP contribution in [0, 0.1) is 0 Å². The zero-order valence-corrected chi connectivity index (χ0v) is 22.4. The molecule has 0 aliphatic carbocycles. The summed E-state index contributed by atoms with van der Waals surface area (Å²) in [6, 6.07) is 25.9. The predicted molar refractivity (Wildman–Crippen MR) is 149 cm³/mol. The van der Waals surface area contributed by atoms with E-state index in [1.807, 2.05) is 42.5 Å². The molecule has 1 saturated heterocycles. The van der Waals surface area contributed by atoms with Gasteiger partial charge < -0.3 is 13.7 Å². The number of benzene rings is 4. The third kappa shape index (κ3) is 5.62. The zero-order valence-electron chi connectivity index (χ0n) is 20.8. The van der Waals surface area contributed by atoms with Crippen LogP contribution in [0.5, 0.6) is 17.2 Å². The number of fused-ring (bicyclic) bond motifs is 1. The number of carbonyl (C=O) groups is 2. The maximum atomic E-state index is 13.1. The molecule has 4 aromatic rings. The number of para-hydroxylation sites is 1. The number of imide groups is 1. The van der Waals surface area contributed by atoms with Crippen molar-refractivity contribution in [2.24, 2.45) is 0 Å². The van der Waals surface area contributed by atoms with Crippen LogP contribution in [-0.2, 0) is 14.9 Å². The van der Waals surface area contributed by atoms with Crippen LogP contribution in [0.1, 0.15) is 5.56 Å². The Balaban J connectivity index is 1.35. The van der Waals surface area contributed by atoms with Gasteiger partial charge in [-0.05, 0) is 47.5 Å². The van der Waals surface area contributed by atoms with E-state index in [0.717, 1.165) is 27.4 Å². The lowest BCUT2D eigenvalue weighted by Crippen LogP contribution is -2.32. The number of rotatable bonds is 9. The first-order valence-electron chi connectivity index (χ1n) is 11.9. The molecule has 1 aliphatic heterocycles. The number of methoxy groups -OCH3 is 1. The van der Waals surface area contributed by atoms with Crippen molar-refractivity contribution in [3.8, 4) is 17.2 Å². The summed E-state index contributed by atoms with van der Waals surface area (Å²) in [6.07, 6.45) is 1.43. The molecular formula is C29H23NO7S2. The number of carbonyl (C=O) groups excluding carboxylic acids is 2. The van der Waals surface area contributed by atoms with Crippen molar-refractivity contribution < 1.29 is 31.7 Å². The van der Waals surface area contributed by atoms with Crippen molar-refractivity contribution >= 4 is 49.9 Å². The first kappa shape index (κ1) is 26.3. The van der Waals surface area contributed by atoms with E-state index < -0.39 is 21.3 Å². The van der Waals surface area contributed by atoms with Crippen LogP contribution < -0.4 is 13.7 Å². The largest absolute Gasteiger partial charge is 0.493 e. The lowest BCUT2D eigenvalue weighted by molar-refractivity contribution is -0.123. The molecule has 0 unspecified atom stereocenters. The highest BCUT2D eigenvalue weighted by Gasteiger charge is 2.35. The molecule has 10 heteroatoms. The Labute approximate surface area is 229 Å². The second-order valence-corrected chi connectivity index (χ2v) is 10.9. The summed E-state index contributed by atoms with van der Waals surface area (Å²) in [5.74, 6) is 0.223. The highest BCUT2D eigenvalue weighted by atomic mass is 32.2. The maximum absolute atomic E-state index is 13.1. The van der Waals surface area contributed by atoms with E-state index in [4.69, 9.17) is 13.7 Å². The summed E-state index contributed by atoms with van der Waals surface area (Å²) in [4.78, 5) is 27.0. The standard InChI is InChI=1S/C29H23NO7S2/c1-35-25-16-8-11-21(27(25)37-39(33,34)22-12-3-2-4-13-22)19-26-28(31)30(29(32)38-26)17-18-36-24-15-7-10-20-9-5-6-14-23(20)24/h2-16,19H,17-18H2,1H3/b26-19-. The van der Waals surface area contributed by atoms with Gasteiger partial charge in [0.15, 0.2) is 11.5 Å². The van der Waals surface area contributed by atoms with Gasteiger partial charge in [0, 0.05) is 10.9 Å². The Morgan fingerprint density at radius 1 is 0.846 bits per heavy atom. The lowest BCUT2D eigenvalue weighted by atomic mass is 10.1. The fraction of sp³-hybridized carbons (Fsp3) is 0.103. The third-order valence-electron chi connectivity index (χ3n) is 5.94. The van der Waals surface area contributed by atoms with Crippen molar-refractivity contribution in [1.82, 2.24) is 4.90 Å². The summed E-state index contributed by atoms with van der Waals surface area (Å²) >= 11 is 0.759. The third-order valence-corrected chi connectivity index (χ3v) is 8.08. The van der Waals surface area contributed by atoms with Crippen molar-refractivity contribution in [3.63, 3.8) is 0 Å². The molecule has 0 spiro atoms. The molecule has 4 aromatic carbocycles. The number of thioether (sulfide) groups is 1. The van der Waals surface area contributed by atoms with Crippen LogP contribution in [0.15, 0.2) is 101 Å². The Kier molecular flexibility index (Phi) is 7.58. The van der Waals surface area contributed by atoms with Crippen LogP contribution in [0.25, 0.3) is 16.8 Å². The molecule has 39 heavy (non-hydrogen) atoms. The van der Waals surface area contributed by atoms with Gasteiger partial charge in [0.05, 0.1) is 18.6 Å². The van der Waals surface area contributed by atoms with Crippen LogP contribution >= 0.6 is 11.8 Å². The summed E-state index contributed by atoms with van der Waals surface area (Å²) in [7, 11) is -2.81. The molecule has 1 aliphatic rings. The summed E-state index contributed by atoms with van der Waals surface area (Å²) in [6.45, 7) is 0.164. The van der Waals surface area contributed by atoms with E-state index in [-0.39, 0.29) is 40.0 Å². The number of hydrogen-bond donors (Lipinski definition) is 0. The normalized spacial score (nSPS) is 14.7. The number of hydrogen-bond acceptors (Lipinski definition) is 8. The van der Waals surface area contributed by atoms with Gasteiger partial charge in [0.2, 0.25) is 0 Å². The smallest absolute Gasteiger partial charge is 0.339 e. The lowest BCUT2D eigenvalue weighted by Gasteiger charge is -2.15. The fourth-order valence-electron chi connectivity index (χ4n) is 4.04. The molecule has 198 valence electrons. The SMILES string of the molecule is COc1cccc(/C=C2\SC(=O)N(CCOc3cccc4ccccc34)C2=O)c1OS(=O)(=O)c1ccccc1. The fourth-order valence-corrected chi connectivity index (χ4v) is 5.88. The van der Waals surface area contributed by atoms with Crippen molar-refractivity contribution in [3.05, 3.63) is 101 Å². The summed E-state index contributed by atoms with van der Waals surface area (Å²) < 4.78 is 42.5. The van der Waals surface area contributed by atoms with Gasteiger partial charge in [0.1, 0.15) is 17.3 Å². The molecule has 1 fully saturated rings. The number of ether oxygens (including phenoxy) is 2. The van der Waals surface area contributed by atoms with E-state index in [2.05, 4.69) is 0 Å². The Hall–Kier alpha value is -4.28. The molecule has 1 heterocycles. The molecule has 0 N–H and O–H groups in total. The molecule has 2 amide bonds. The Morgan fingerprint density at radius 2 is 1.54 bits per heavy atom. The minimum absolute atomic E-state index is 0.0339. The molecule has 0 atom stereocenters. The van der Waals surface area contributed by atoms with Gasteiger partial charge in [-0.3, -0.25) is 14.5 Å². The second-order valence-electron chi connectivity index (χ2n) is 8.39. The van der Waals surface area contributed by atoms with Crippen molar-refractivity contribution in [2.75, 3.05) is 20.3 Å². The quantitative estimate of drug-likeness (QED) is 0.189. The highest BCUT2D eigenvalue weighted by Crippen LogP contribution is 2.38.